The van der Waals surface area contributed by atoms with Crippen LogP contribution in [-0.2, 0) is 4.79 Å². The summed E-state index contributed by atoms with van der Waals surface area (Å²) in [6, 6.07) is 4.97. The van der Waals surface area contributed by atoms with Crippen LogP contribution in [0.2, 0.25) is 10.0 Å². The third-order valence-electron chi connectivity index (χ3n) is 2.56. The van der Waals surface area contributed by atoms with Gasteiger partial charge in [0.25, 0.3) is 0 Å². The van der Waals surface area contributed by atoms with Gasteiger partial charge in [0.15, 0.2) is 5.82 Å². The number of thioether (sulfide) groups is 1. The van der Waals surface area contributed by atoms with Gasteiger partial charge in [-0.05, 0) is 18.2 Å². The molecule has 114 valence electrons. The van der Waals surface area contributed by atoms with Crippen molar-refractivity contribution in [3.63, 3.8) is 0 Å². The van der Waals surface area contributed by atoms with E-state index in [1.807, 2.05) is 0 Å². The number of nitrogens with zero attached hydrogens (tertiary/aromatic N) is 3. The van der Waals surface area contributed by atoms with E-state index in [2.05, 4.69) is 21.4 Å². The highest BCUT2D eigenvalue weighted by Gasteiger charge is 2.16. The number of aromatic nitrogens is 3. The highest BCUT2D eigenvalue weighted by atomic mass is 35.5. The quantitative estimate of drug-likeness (QED) is 0.485. The molecular weight excluding hydrogens is 345 g/mol. The summed E-state index contributed by atoms with van der Waals surface area (Å²) in [4.78, 5) is 11.5. The number of terminal acetylenes is 1. The van der Waals surface area contributed by atoms with E-state index in [4.69, 9.17) is 35.5 Å². The molecule has 0 saturated heterocycles. The van der Waals surface area contributed by atoms with Gasteiger partial charge in [0.2, 0.25) is 11.1 Å². The number of rotatable bonds is 5. The van der Waals surface area contributed by atoms with Gasteiger partial charge in [-0.2, -0.15) is 0 Å². The minimum absolute atomic E-state index is 0.130. The first-order chi connectivity index (χ1) is 10.5. The largest absolute Gasteiger partial charge is 0.344 e. The van der Waals surface area contributed by atoms with Crippen LogP contribution in [0.25, 0.3) is 11.4 Å². The molecule has 1 aromatic carbocycles. The van der Waals surface area contributed by atoms with Crippen LogP contribution in [0.5, 0.6) is 0 Å². The lowest BCUT2D eigenvalue weighted by molar-refractivity contribution is -0.118. The molecular formula is C13H11Cl2N5OS. The first-order valence-corrected chi connectivity index (χ1v) is 7.76. The SMILES string of the molecule is C#CCNC(=O)CSc1nnc(-c2ccc(Cl)cc2Cl)n1N. The Hall–Kier alpha value is -1.88. The number of nitrogens with one attached hydrogen (secondary N) is 1. The minimum atomic E-state index is -0.211. The summed E-state index contributed by atoms with van der Waals surface area (Å²) in [5, 5.41) is 11.8. The Bertz CT molecular complexity index is 741. The molecule has 0 saturated carbocycles. The summed E-state index contributed by atoms with van der Waals surface area (Å²) >= 11 is 13.1. The molecule has 3 N–H and O–H groups in total. The molecule has 0 aliphatic rings. The molecule has 9 heteroatoms. The lowest BCUT2D eigenvalue weighted by Gasteiger charge is -2.05. The van der Waals surface area contributed by atoms with Gasteiger partial charge in [-0.3, -0.25) is 4.79 Å². The van der Waals surface area contributed by atoms with Crippen LogP contribution in [0.1, 0.15) is 0 Å². The van der Waals surface area contributed by atoms with Gasteiger partial charge in [0.1, 0.15) is 0 Å². The Kier molecular flexibility index (Phi) is 5.55. The number of hydrogen-bond donors (Lipinski definition) is 2. The van der Waals surface area contributed by atoms with Gasteiger partial charge in [-0.1, -0.05) is 40.9 Å². The van der Waals surface area contributed by atoms with Crippen LogP contribution in [-0.4, -0.2) is 33.1 Å². The van der Waals surface area contributed by atoms with E-state index in [1.54, 1.807) is 18.2 Å². The van der Waals surface area contributed by atoms with Gasteiger partial charge in [-0.15, -0.1) is 16.6 Å². The molecule has 0 atom stereocenters. The number of benzene rings is 1. The third kappa shape index (κ3) is 3.85. The van der Waals surface area contributed by atoms with Crippen molar-refractivity contribution in [3.8, 4) is 23.7 Å². The van der Waals surface area contributed by atoms with Gasteiger partial charge >= 0.3 is 0 Å². The zero-order valence-electron chi connectivity index (χ0n) is 11.2. The summed E-state index contributed by atoms with van der Waals surface area (Å²) in [7, 11) is 0. The molecule has 0 aliphatic carbocycles. The summed E-state index contributed by atoms with van der Waals surface area (Å²) < 4.78 is 1.27. The lowest BCUT2D eigenvalue weighted by atomic mass is 10.2. The molecule has 0 aliphatic heterocycles. The van der Waals surface area contributed by atoms with E-state index < -0.39 is 0 Å². The Labute approximate surface area is 141 Å². The van der Waals surface area contributed by atoms with E-state index in [9.17, 15) is 4.79 Å². The predicted octanol–water partition coefficient (Wildman–Crippen LogP) is 1.81. The number of nitrogens with two attached hydrogens (primary N) is 1. The van der Waals surface area contributed by atoms with Gasteiger partial charge < -0.3 is 11.2 Å². The fourth-order valence-corrected chi connectivity index (χ4v) is 2.74. The molecule has 22 heavy (non-hydrogen) atoms. The van der Waals surface area contributed by atoms with Crippen molar-refractivity contribution in [1.82, 2.24) is 20.2 Å². The monoisotopic (exact) mass is 355 g/mol. The maximum atomic E-state index is 11.5. The molecule has 0 bridgehead atoms. The summed E-state index contributed by atoms with van der Waals surface area (Å²) in [6.07, 6.45) is 5.06. The average molecular weight is 356 g/mol. The molecule has 1 heterocycles. The standard InChI is InChI=1S/C13H11Cl2N5OS/c1-2-5-17-11(21)7-22-13-19-18-12(20(13)16)9-4-3-8(14)6-10(9)15/h1,3-4,6H,5,7,16H2,(H,17,21). The minimum Gasteiger partial charge on any atom is -0.344 e. The topological polar surface area (TPSA) is 85.8 Å². The smallest absolute Gasteiger partial charge is 0.231 e. The second-order valence-corrected chi connectivity index (χ2v) is 5.86. The number of halogens is 2. The molecule has 2 aromatic rings. The molecule has 0 unspecified atom stereocenters. The Morgan fingerprint density at radius 2 is 2.23 bits per heavy atom. The van der Waals surface area contributed by atoms with Crippen LogP contribution >= 0.6 is 35.0 Å². The molecule has 1 amide bonds. The second-order valence-electron chi connectivity index (χ2n) is 4.07. The zero-order chi connectivity index (χ0) is 16.1. The van der Waals surface area contributed by atoms with Gasteiger partial charge in [0.05, 0.1) is 17.3 Å². The molecule has 2 rings (SSSR count). The lowest BCUT2D eigenvalue weighted by Crippen LogP contribution is -2.25. The van der Waals surface area contributed by atoms with E-state index in [-0.39, 0.29) is 18.2 Å². The van der Waals surface area contributed by atoms with Crippen molar-refractivity contribution in [1.29, 1.82) is 0 Å². The maximum Gasteiger partial charge on any atom is 0.231 e. The summed E-state index contributed by atoms with van der Waals surface area (Å²) in [5.41, 5.74) is 0.602. The number of carbonyl (C=O) groups is 1. The Balaban J connectivity index is 2.13. The third-order valence-corrected chi connectivity index (χ3v) is 4.05. The Morgan fingerprint density at radius 3 is 2.91 bits per heavy atom. The normalized spacial score (nSPS) is 10.2. The van der Waals surface area contributed by atoms with Gasteiger partial charge in [-0.25, -0.2) is 4.68 Å². The number of amides is 1. The van der Waals surface area contributed by atoms with E-state index in [0.29, 0.717) is 26.6 Å². The highest BCUT2D eigenvalue weighted by molar-refractivity contribution is 7.99. The van der Waals surface area contributed by atoms with Gasteiger partial charge in [0, 0.05) is 10.6 Å². The molecule has 0 radical (unpaired) electrons. The van der Waals surface area contributed by atoms with Crippen LogP contribution in [0.4, 0.5) is 0 Å². The zero-order valence-corrected chi connectivity index (χ0v) is 13.5. The van der Waals surface area contributed by atoms with Crippen LogP contribution in [0.3, 0.4) is 0 Å². The molecule has 1 aromatic heterocycles. The molecule has 0 fully saturated rings. The maximum absolute atomic E-state index is 11.5. The molecule has 0 spiro atoms. The molecule has 6 nitrogen and oxygen atoms in total. The van der Waals surface area contributed by atoms with E-state index >= 15 is 0 Å². The van der Waals surface area contributed by atoms with Crippen LogP contribution < -0.4 is 11.2 Å². The second kappa shape index (κ2) is 7.40. The van der Waals surface area contributed by atoms with Crippen LogP contribution in [0, 0.1) is 12.3 Å². The van der Waals surface area contributed by atoms with Crippen molar-refractivity contribution in [2.24, 2.45) is 0 Å². The van der Waals surface area contributed by atoms with Crippen molar-refractivity contribution in [2.45, 2.75) is 5.16 Å². The number of hydrogen-bond acceptors (Lipinski definition) is 5. The van der Waals surface area contributed by atoms with Crippen molar-refractivity contribution < 1.29 is 4.79 Å². The summed E-state index contributed by atoms with van der Waals surface area (Å²) in [6.45, 7) is 0.181. The predicted molar refractivity (Wildman–Crippen MR) is 88.2 cm³/mol. The Morgan fingerprint density at radius 1 is 1.45 bits per heavy atom. The van der Waals surface area contributed by atoms with Crippen LogP contribution in [0.15, 0.2) is 23.4 Å². The first kappa shape index (κ1) is 16.5. The fraction of sp³-hybridized carbons (Fsp3) is 0.154. The average Bonchev–Trinajstić information content (AvgIpc) is 2.84. The van der Waals surface area contributed by atoms with Crippen molar-refractivity contribution in [2.75, 3.05) is 18.1 Å². The number of carbonyl (C=O) groups excluding carboxylic acids is 1. The van der Waals surface area contributed by atoms with E-state index in [0.717, 1.165) is 11.8 Å². The highest BCUT2D eigenvalue weighted by Crippen LogP contribution is 2.30. The first-order valence-electron chi connectivity index (χ1n) is 6.01. The van der Waals surface area contributed by atoms with E-state index in [1.165, 1.54) is 4.68 Å². The van der Waals surface area contributed by atoms with Crippen molar-refractivity contribution >= 4 is 40.9 Å². The fourth-order valence-electron chi connectivity index (χ4n) is 1.56. The van der Waals surface area contributed by atoms with Crippen molar-refractivity contribution in [3.05, 3.63) is 28.2 Å². The summed E-state index contributed by atoms with van der Waals surface area (Å²) in [5.74, 6) is 8.57. The number of nitrogen functional groups attached to an aromatic ring is 1.